The van der Waals surface area contributed by atoms with Crippen LogP contribution in [0.3, 0.4) is 0 Å². The minimum absolute atomic E-state index is 0.0232. The number of aliphatic hydroxyl groups is 2. The lowest BCUT2D eigenvalue weighted by Crippen LogP contribution is -2.52. The molecule has 44 heavy (non-hydrogen) atoms. The predicted molar refractivity (Wildman–Crippen MR) is 167 cm³/mol. The Morgan fingerprint density at radius 1 is 0.841 bits per heavy atom. The van der Waals surface area contributed by atoms with E-state index in [0.29, 0.717) is 24.0 Å². The third kappa shape index (κ3) is 9.37. The summed E-state index contributed by atoms with van der Waals surface area (Å²) in [4.78, 5) is 38.3. The highest BCUT2D eigenvalue weighted by Crippen LogP contribution is 2.25. The Morgan fingerprint density at radius 3 is 2.05 bits per heavy atom. The lowest BCUT2D eigenvalue weighted by atomic mass is 9.99. The molecule has 1 aliphatic heterocycles. The van der Waals surface area contributed by atoms with Crippen LogP contribution in [0.25, 0.3) is 0 Å². The van der Waals surface area contributed by atoms with Gasteiger partial charge in [-0.3, -0.25) is 9.59 Å². The highest BCUT2D eigenvalue weighted by molar-refractivity contribution is 6.04. The summed E-state index contributed by atoms with van der Waals surface area (Å²) in [6.07, 6.45) is -2.98. The maximum absolute atomic E-state index is 13.4. The fraction of sp³-hybridized carbons (Fsp3) is 0.382. The van der Waals surface area contributed by atoms with Gasteiger partial charge in [-0.2, -0.15) is 0 Å². The van der Waals surface area contributed by atoms with Crippen LogP contribution in [-0.4, -0.2) is 71.1 Å². The molecule has 0 bridgehead atoms. The molecule has 1 heterocycles. The van der Waals surface area contributed by atoms with Gasteiger partial charge in [-0.1, -0.05) is 78.9 Å². The largest absolute Gasteiger partial charge is 0.443 e. The van der Waals surface area contributed by atoms with Crippen molar-refractivity contribution in [3.8, 4) is 0 Å². The summed E-state index contributed by atoms with van der Waals surface area (Å²) in [5, 5.41) is 33.8. The smallest absolute Gasteiger partial charge is 0.407 e. The molecule has 0 spiro atoms. The standard InChI is InChI=1S/C34H42N4O6/c1-34(2,3)38-33(43)44-29(19-23-14-8-5-9-15-23)28(40)21-35-20-27(39)26(18-22-12-6-4-7-13-22)36-32(42)30-24-16-10-11-17-25(24)31(41)37-30/h4-17,26-30,35,39-40H,18-21H2,1-3H3,(H,36,42)(H,37,41)(H,38,43). The Bertz CT molecular complexity index is 1400. The summed E-state index contributed by atoms with van der Waals surface area (Å²) >= 11 is 0. The summed E-state index contributed by atoms with van der Waals surface area (Å²) in [6.45, 7) is 5.57. The number of fused-ring (bicyclic) bond motifs is 1. The molecular formula is C34H42N4O6. The third-order valence-electron chi connectivity index (χ3n) is 7.30. The molecule has 0 aliphatic carbocycles. The van der Waals surface area contributed by atoms with E-state index < -0.39 is 47.9 Å². The molecule has 0 saturated carbocycles. The minimum atomic E-state index is -1.08. The fourth-order valence-electron chi connectivity index (χ4n) is 5.09. The average molecular weight is 603 g/mol. The van der Waals surface area contributed by atoms with Crippen LogP contribution < -0.4 is 21.3 Å². The van der Waals surface area contributed by atoms with E-state index in [1.807, 2.05) is 81.4 Å². The van der Waals surface area contributed by atoms with Gasteiger partial charge in [-0.15, -0.1) is 0 Å². The normalized spacial score (nSPS) is 17.0. The number of hydrogen-bond acceptors (Lipinski definition) is 7. The molecule has 4 rings (SSSR count). The summed E-state index contributed by atoms with van der Waals surface area (Å²) in [7, 11) is 0. The van der Waals surface area contributed by atoms with Gasteiger partial charge in [0.1, 0.15) is 18.2 Å². The Balaban J connectivity index is 1.40. The molecule has 0 radical (unpaired) electrons. The monoisotopic (exact) mass is 602 g/mol. The van der Waals surface area contributed by atoms with Gasteiger partial charge in [-0.05, 0) is 49.9 Å². The SMILES string of the molecule is CC(C)(C)NC(=O)OC(Cc1ccccc1)C(O)CNCC(O)C(Cc1ccccc1)NC(=O)C1NC(=O)c2ccccc21. The van der Waals surface area contributed by atoms with Crippen molar-refractivity contribution in [1.29, 1.82) is 0 Å². The zero-order valence-corrected chi connectivity index (χ0v) is 25.3. The van der Waals surface area contributed by atoms with Crippen LogP contribution in [0.1, 0.15) is 53.9 Å². The van der Waals surface area contributed by atoms with Crippen LogP contribution in [0.4, 0.5) is 4.79 Å². The van der Waals surface area contributed by atoms with Crippen molar-refractivity contribution in [2.24, 2.45) is 0 Å². The van der Waals surface area contributed by atoms with Gasteiger partial charge >= 0.3 is 6.09 Å². The molecule has 6 N–H and O–H groups in total. The van der Waals surface area contributed by atoms with Crippen molar-refractivity contribution < 1.29 is 29.3 Å². The molecule has 0 saturated heterocycles. The molecule has 3 aromatic rings. The number of carbonyl (C=O) groups excluding carboxylic acids is 3. The van der Waals surface area contributed by atoms with Crippen molar-refractivity contribution in [3.05, 3.63) is 107 Å². The minimum Gasteiger partial charge on any atom is -0.443 e. The molecule has 10 heteroatoms. The van der Waals surface area contributed by atoms with Crippen LogP contribution >= 0.6 is 0 Å². The number of ether oxygens (including phenoxy) is 1. The fourth-order valence-corrected chi connectivity index (χ4v) is 5.09. The molecule has 10 nitrogen and oxygen atoms in total. The van der Waals surface area contributed by atoms with Gasteiger partial charge in [0.25, 0.3) is 5.91 Å². The van der Waals surface area contributed by atoms with E-state index in [1.54, 1.807) is 24.3 Å². The molecule has 1 aliphatic rings. The molecule has 5 unspecified atom stereocenters. The maximum Gasteiger partial charge on any atom is 0.407 e. The van der Waals surface area contributed by atoms with E-state index in [0.717, 1.165) is 11.1 Å². The lowest BCUT2D eigenvalue weighted by molar-refractivity contribution is -0.124. The molecule has 5 atom stereocenters. The first-order chi connectivity index (χ1) is 21.0. The predicted octanol–water partition coefficient (Wildman–Crippen LogP) is 2.65. The molecule has 3 aromatic carbocycles. The summed E-state index contributed by atoms with van der Waals surface area (Å²) in [6, 6.07) is 24.2. The van der Waals surface area contributed by atoms with Gasteiger partial charge in [0.2, 0.25) is 5.91 Å². The van der Waals surface area contributed by atoms with Crippen molar-refractivity contribution >= 4 is 17.9 Å². The number of hydrogen-bond donors (Lipinski definition) is 6. The number of amides is 3. The molecule has 0 fully saturated rings. The first kappa shape index (κ1) is 32.7. The maximum atomic E-state index is 13.4. The first-order valence-corrected chi connectivity index (χ1v) is 14.8. The molecule has 0 aromatic heterocycles. The number of alkyl carbamates (subject to hydrolysis) is 1. The second kappa shape index (κ2) is 15.0. The van der Waals surface area contributed by atoms with Crippen molar-refractivity contribution in [3.63, 3.8) is 0 Å². The quantitative estimate of drug-likeness (QED) is 0.176. The van der Waals surface area contributed by atoms with Crippen molar-refractivity contribution in [2.75, 3.05) is 13.1 Å². The number of aliphatic hydroxyl groups excluding tert-OH is 2. The van der Waals surface area contributed by atoms with E-state index in [1.165, 1.54) is 0 Å². The lowest BCUT2D eigenvalue weighted by Gasteiger charge is -2.28. The number of benzene rings is 3. The van der Waals surface area contributed by atoms with E-state index in [9.17, 15) is 24.6 Å². The van der Waals surface area contributed by atoms with E-state index in [2.05, 4.69) is 21.3 Å². The number of carbonyl (C=O) groups is 3. The van der Waals surface area contributed by atoms with Gasteiger partial charge in [0, 0.05) is 30.6 Å². The van der Waals surface area contributed by atoms with E-state index >= 15 is 0 Å². The average Bonchev–Trinajstić information content (AvgIpc) is 3.33. The van der Waals surface area contributed by atoms with Crippen LogP contribution in [0.15, 0.2) is 84.9 Å². The van der Waals surface area contributed by atoms with Crippen LogP contribution in [0.5, 0.6) is 0 Å². The van der Waals surface area contributed by atoms with Crippen molar-refractivity contribution in [2.45, 2.75) is 69.5 Å². The molecule has 3 amide bonds. The van der Waals surface area contributed by atoms with Crippen molar-refractivity contribution in [1.82, 2.24) is 21.3 Å². The van der Waals surface area contributed by atoms with E-state index in [4.69, 9.17) is 4.74 Å². The first-order valence-electron chi connectivity index (χ1n) is 14.8. The Kier molecular flexibility index (Phi) is 11.1. The zero-order valence-electron chi connectivity index (χ0n) is 25.3. The number of rotatable bonds is 13. The summed E-state index contributed by atoms with van der Waals surface area (Å²) < 4.78 is 5.63. The van der Waals surface area contributed by atoms with Gasteiger partial charge in [-0.25, -0.2) is 4.79 Å². The zero-order chi connectivity index (χ0) is 31.7. The summed E-state index contributed by atoms with van der Waals surface area (Å²) in [5.74, 6) is -0.746. The van der Waals surface area contributed by atoms with Crippen LogP contribution in [0, 0.1) is 0 Å². The van der Waals surface area contributed by atoms with Gasteiger partial charge in [0.15, 0.2) is 0 Å². The Labute approximate surface area is 258 Å². The van der Waals surface area contributed by atoms with E-state index in [-0.39, 0.29) is 19.0 Å². The molecular weight excluding hydrogens is 560 g/mol. The second-order valence-electron chi connectivity index (χ2n) is 12.1. The van der Waals surface area contributed by atoms with Crippen LogP contribution in [0.2, 0.25) is 0 Å². The summed E-state index contributed by atoms with van der Waals surface area (Å²) in [5.41, 5.74) is 2.33. The Morgan fingerprint density at radius 2 is 1.41 bits per heavy atom. The second-order valence-corrected chi connectivity index (χ2v) is 12.1. The highest BCUT2D eigenvalue weighted by Gasteiger charge is 2.35. The van der Waals surface area contributed by atoms with Gasteiger partial charge in [0.05, 0.1) is 12.1 Å². The third-order valence-corrected chi connectivity index (χ3v) is 7.30. The van der Waals surface area contributed by atoms with Crippen LogP contribution in [-0.2, 0) is 22.4 Å². The Hall–Kier alpha value is -4.25. The molecule has 234 valence electrons. The number of nitrogens with one attached hydrogen (secondary N) is 4. The topological polar surface area (TPSA) is 149 Å². The van der Waals surface area contributed by atoms with Gasteiger partial charge < -0.3 is 36.2 Å². The highest BCUT2D eigenvalue weighted by atomic mass is 16.6.